The average molecular weight is 308 g/mol. The Morgan fingerprint density at radius 2 is 2.00 bits per heavy atom. The molecule has 0 amide bonds. The van der Waals surface area contributed by atoms with Crippen LogP contribution in [0.2, 0.25) is 0 Å². The summed E-state index contributed by atoms with van der Waals surface area (Å²) in [6, 6.07) is 10.1. The Labute approximate surface area is 130 Å². The second kappa shape index (κ2) is 4.48. The fourth-order valence-electron chi connectivity index (χ4n) is 2.60. The zero-order valence-electron chi connectivity index (χ0n) is 11.6. The number of hydrogen-bond donors (Lipinski definition) is 0. The molecule has 0 bridgehead atoms. The monoisotopic (exact) mass is 308 g/mol. The summed E-state index contributed by atoms with van der Waals surface area (Å²) < 4.78 is 3.76. The topological polar surface area (TPSA) is 60.9 Å². The zero-order valence-corrected chi connectivity index (χ0v) is 12.4. The minimum atomic E-state index is 0.534. The largest absolute Gasteiger partial charge is 0.240 e. The van der Waals surface area contributed by atoms with Crippen LogP contribution in [0.5, 0.6) is 0 Å². The smallest absolute Gasteiger partial charge is 0.234 e. The van der Waals surface area contributed by atoms with Crippen LogP contribution in [-0.4, -0.2) is 29.6 Å². The summed E-state index contributed by atoms with van der Waals surface area (Å²) in [5, 5.41) is 18.5. The van der Waals surface area contributed by atoms with Crippen LogP contribution in [0, 0.1) is 0 Å². The van der Waals surface area contributed by atoms with Crippen molar-refractivity contribution in [1.82, 2.24) is 29.6 Å². The van der Waals surface area contributed by atoms with E-state index in [0.717, 1.165) is 27.0 Å². The number of nitrogens with zero attached hydrogens (tertiary/aromatic N) is 6. The van der Waals surface area contributed by atoms with Crippen LogP contribution in [0.4, 0.5) is 0 Å². The maximum atomic E-state index is 4.74. The highest BCUT2D eigenvalue weighted by Gasteiger charge is 2.30. The molecule has 6 nitrogen and oxygen atoms in total. The van der Waals surface area contributed by atoms with Crippen LogP contribution in [0.25, 0.3) is 21.2 Å². The molecule has 0 atom stereocenters. The third-order valence-corrected chi connectivity index (χ3v) is 4.78. The molecule has 0 radical (unpaired) electrons. The molecule has 1 aromatic carbocycles. The number of benzene rings is 1. The van der Waals surface area contributed by atoms with E-state index in [0.29, 0.717) is 5.92 Å². The number of hydrogen-bond acceptors (Lipinski definition) is 5. The number of para-hydroxylation sites is 1. The molecule has 108 valence electrons. The van der Waals surface area contributed by atoms with Crippen molar-refractivity contribution in [3.8, 4) is 16.3 Å². The number of rotatable bonds is 3. The van der Waals surface area contributed by atoms with Gasteiger partial charge in [0.1, 0.15) is 5.01 Å². The van der Waals surface area contributed by atoms with E-state index < -0.39 is 0 Å². The van der Waals surface area contributed by atoms with Gasteiger partial charge in [0, 0.05) is 23.9 Å². The highest BCUT2D eigenvalue weighted by molar-refractivity contribution is 7.19. The zero-order chi connectivity index (χ0) is 14.5. The molecule has 1 aliphatic carbocycles. The van der Waals surface area contributed by atoms with E-state index in [1.807, 2.05) is 39.7 Å². The lowest BCUT2D eigenvalue weighted by molar-refractivity contribution is 0.827. The summed E-state index contributed by atoms with van der Waals surface area (Å²) in [4.78, 5) is 0.854. The summed E-state index contributed by atoms with van der Waals surface area (Å²) in [6.45, 7) is 0. The van der Waals surface area contributed by atoms with Crippen molar-refractivity contribution in [2.75, 3.05) is 0 Å². The highest BCUT2D eigenvalue weighted by atomic mass is 32.1. The Balaban J connectivity index is 1.68. The first-order chi connectivity index (χ1) is 10.9. The van der Waals surface area contributed by atoms with Crippen molar-refractivity contribution in [1.29, 1.82) is 0 Å². The normalized spacial score (nSPS) is 14.7. The molecular formula is C15H12N6S. The van der Waals surface area contributed by atoms with Crippen LogP contribution in [0.1, 0.15) is 24.6 Å². The van der Waals surface area contributed by atoms with E-state index in [9.17, 15) is 0 Å². The van der Waals surface area contributed by atoms with Gasteiger partial charge in [-0.1, -0.05) is 23.5 Å². The molecule has 1 saturated carbocycles. The highest BCUT2D eigenvalue weighted by Crippen LogP contribution is 2.40. The predicted molar refractivity (Wildman–Crippen MR) is 83.2 cm³/mol. The molecule has 3 aromatic heterocycles. The molecular weight excluding hydrogens is 296 g/mol. The lowest BCUT2D eigenvalue weighted by Gasteiger charge is -2.06. The predicted octanol–water partition coefficient (Wildman–Crippen LogP) is 2.92. The molecule has 5 rings (SSSR count). The fourth-order valence-corrected chi connectivity index (χ4v) is 3.48. The quantitative estimate of drug-likeness (QED) is 0.584. The molecule has 0 saturated heterocycles. The number of fused-ring (bicyclic) bond motifs is 1. The Kier molecular flexibility index (Phi) is 2.45. The third kappa shape index (κ3) is 1.79. The van der Waals surface area contributed by atoms with E-state index in [1.165, 1.54) is 12.8 Å². The summed E-state index contributed by atoms with van der Waals surface area (Å²) in [6.07, 6.45) is 6.10. The summed E-state index contributed by atoms with van der Waals surface area (Å²) in [5.74, 6) is 1.53. The lowest BCUT2D eigenvalue weighted by Crippen LogP contribution is -1.98. The van der Waals surface area contributed by atoms with Gasteiger partial charge in [0.15, 0.2) is 5.82 Å². The summed E-state index contributed by atoms with van der Waals surface area (Å²) >= 11 is 1.56. The first-order valence-corrected chi connectivity index (χ1v) is 8.03. The summed E-state index contributed by atoms with van der Waals surface area (Å²) in [5.41, 5.74) is 2.08. The molecule has 7 heteroatoms. The van der Waals surface area contributed by atoms with Crippen LogP contribution in [-0.2, 0) is 0 Å². The van der Waals surface area contributed by atoms with Crippen LogP contribution < -0.4 is 0 Å². The minimum absolute atomic E-state index is 0.534. The molecule has 1 fully saturated rings. The van der Waals surface area contributed by atoms with Gasteiger partial charge in [-0.25, -0.2) is 4.68 Å². The van der Waals surface area contributed by atoms with Gasteiger partial charge in [0.2, 0.25) is 4.96 Å². The van der Waals surface area contributed by atoms with Gasteiger partial charge < -0.3 is 0 Å². The average Bonchev–Trinajstić information content (AvgIpc) is 2.98. The molecule has 4 aromatic rings. The van der Waals surface area contributed by atoms with Crippen molar-refractivity contribution in [2.45, 2.75) is 18.8 Å². The summed E-state index contributed by atoms with van der Waals surface area (Å²) in [7, 11) is 0. The van der Waals surface area contributed by atoms with Gasteiger partial charge in [-0.3, -0.25) is 0 Å². The SMILES string of the molecule is c1ccc(-n2cccn2)c(-c2nn3c(C4CC4)nnc3s2)c1. The fraction of sp³-hybridized carbons (Fsp3) is 0.200. The van der Waals surface area contributed by atoms with Crippen LogP contribution in [0.15, 0.2) is 42.7 Å². The standard InChI is InChI=1S/C15H12N6S/c1-2-5-12(20-9-3-8-16-20)11(4-1)14-19-21-13(10-6-7-10)17-18-15(21)22-14/h1-5,8-10H,6-7H2. The van der Waals surface area contributed by atoms with Gasteiger partial charge in [-0.05, 0) is 31.0 Å². The van der Waals surface area contributed by atoms with Crippen molar-refractivity contribution in [2.24, 2.45) is 0 Å². The van der Waals surface area contributed by atoms with E-state index in [2.05, 4.69) is 21.4 Å². The second-order valence-corrected chi connectivity index (χ2v) is 6.36. The molecule has 3 heterocycles. The second-order valence-electron chi connectivity index (χ2n) is 5.40. The van der Waals surface area contributed by atoms with Gasteiger partial charge in [-0.2, -0.15) is 14.7 Å². The van der Waals surface area contributed by atoms with E-state index in [1.54, 1.807) is 17.5 Å². The molecule has 0 N–H and O–H groups in total. The van der Waals surface area contributed by atoms with Crippen molar-refractivity contribution in [3.63, 3.8) is 0 Å². The van der Waals surface area contributed by atoms with Crippen molar-refractivity contribution < 1.29 is 0 Å². The van der Waals surface area contributed by atoms with E-state index in [-0.39, 0.29) is 0 Å². The van der Waals surface area contributed by atoms with Gasteiger partial charge in [0.25, 0.3) is 0 Å². The number of aromatic nitrogens is 6. The Hall–Kier alpha value is -2.54. The first kappa shape index (κ1) is 12.0. The Morgan fingerprint density at radius 3 is 2.82 bits per heavy atom. The lowest BCUT2D eigenvalue weighted by atomic mass is 10.2. The molecule has 1 aliphatic rings. The first-order valence-electron chi connectivity index (χ1n) is 7.22. The van der Waals surface area contributed by atoms with Gasteiger partial charge in [0.05, 0.1) is 5.69 Å². The molecule has 0 spiro atoms. The van der Waals surface area contributed by atoms with Crippen LogP contribution >= 0.6 is 11.3 Å². The molecule has 22 heavy (non-hydrogen) atoms. The molecule has 0 aliphatic heterocycles. The third-order valence-electron chi connectivity index (χ3n) is 3.84. The van der Waals surface area contributed by atoms with Crippen molar-refractivity contribution in [3.05, 3.63) is 48.5 Å². The van der Waals surface area contributed by atoms with E-state index in [4.69, 9.17) is 5.10 Å². The van der Waals surface area contributed by atoms with E-state index >= 15 is 0 Å². The minimum Gasteiger partial charge on any atom is -0.240 e. The van der Waals surface area contributed by atoms with Gasteiger partial charge in [-0.15, -0.1) is 10.2 Å². The van der Waals surface area contributed by atoms with Gasteiger partial charge >= 0.3 is 0 Å². The molecule has 0 unspecified atom stereocenters. The van der Waals surface area contributed by atoms with Crippen molar-refractivity contribution >= 4 is 16.3 Å². The van der Waals surface area contributed by atoms with Crippen LogP contribution in [0.3, 0.4) is 0 Å². The maximum Gasteiger partial charge on any atom is 0.234 e. The maximum absolute atomic E-state index is 4.74. The Bertz CT molecular complexity index is 948. The Morgan fingerprint density at radius 1 is 1.09 bits per heavy atom.